The second kappa shape index (κ2) is 5.16. The first-order valence-electron chi connectivity index (χ1n) is 5.30. The summed E-state index contributed by atoms with van der Waals surface area (Å²) in [5.74, 6) is -0.948. The Bertz CT molecular complexity index is 653. The Morgan fingerprint density at radius 3 is 2.60 bits per heavy atom. The van der Waals surface area contributed by atoms with Gasteiger partial charge in [-0.05, 0) is 18.4 Å². The van der Waals surface area contributed by atoms with Crippen molar-refractivity contribution in [2.75, 3.05) is 6.26 Å². The molecule has 2 aromatic rings. The van der Waals surface area contributed by atoms with Crippen molar-refractivity contribution in [3.8, 4) is 11.3 Å². The Hall–Kier alpha value is -2.03. The van der Waals surface area contributed by atoms with E-state index in [-0.39, 0.29) is 17.0 Å². The molecule has 9 heteroatoms. The third-order valence-corrected chi connectivity index (χ3v) is 3.29. The molecule has 1 amide bonds. The summed E-state index contributed by atoms with van der Waals surface area (Å²) in [6.07, 6.45) is -2.91. The van der Waals surface area contributed by atoms with E-state index in [9.17, 15) is 18.0 Å². The van der Waals surface area contributed by atoms with Gasteiger partial charge in [0.15, 0.2) is 5.69 Å². The first-order chi connectivity index (χ1) is 9.34. The van der Waals surface area contributed by atoms with Gasteiger partial charge in [0.05, 0.1) is 5.56 Å². The molecule has 106 valence electrons. The van der Waals surface area contributed by atoms with Crippen molar-refractivity contribution in [2.24, 2.45) is 5.73 Å². The molecule has 0 saturated heterocycles. The summed E-state index contributed by atoms with van der Waals surface area (Å²) >= 11 is 1.18. The van der Waals surface area contributed by atoms with Crippen LogP contribution < -0.4 is 5.73 Å². The number of carbonyl (C=O) groups excluding carboxylic acids is 1. The van der Waals surface area contributed by atoms with E-state index in [2.05, 4.69) is 15.4 Å². The predicted molar refractivity (Wildman–Crippen MR) is 67.1 cm³/mol. The van der Waals surface area contributed by atoms with Crippen LogP contribution in [-0.4, -0.2) is 27.6 Å². The molecule has 0 fully saturated rings. The number of halogens is 3. The Balaban J connectivity index is 2.67. The van der Waals surface area contributed by atoms with E-state index >= 15 is 0 Å². The fourth-order valence-electron chi connectivity index (χ4n) is 1.68. The van der Waals surface area contributed by atoms with Crippen LogP contribution in [0.4, 0.5) is 13.2 Å². The van der Waals surface area contributed by atoms with Crippen molar-refractivity contribution in [2.45, 2.75) is 11.1 Å². The van der Waals surface area contributed by atoms with Crippen LogP contribution in [0.15, 0.2) is 23.1 Å². The highest BCUT2D eigenvalue weighted by Gasteiger charge is 2.35. The number of rotatable bonds is 3. The molecule has 5 nitrogen and oxygen atoms in total. The first kappa shape index (κ1) is 14.4. The number of primary amides is 1. The van der Waals surface area contributed by atoms with Crippen molar-refractivity contribution < 1.29 is 18.0 Å². The van der Waals surface area contributed by atoms with E-state index in [1.807, 2.05) is 0 Å². The number of amides is 1. The van der Waals surface area contributed by atoms with Crippen LogP contribution in [0.5, 0.6) is 0 Å². The Kier molecular flexibility index (Phi) is 3.71. The molecule has 1 aromatic heterocycles. The largest absolute Gasteiger partial charge is 0.417 e. The van der Waals surface area contributed by atoms with Gasteiger partial charge in [0, 0.05) is 10.5 Å². The lowest BCUT2D eigenvalue weighted by Gasteiger charge is -2.12. The maximum absolute atomic E-state index is 13.1. The molecule has 0 aliphatic rings. The third kappa shape index (κ3) is 2.62. The zero-order valence-corrected chi connectivity index (χ0v) is 11.0. The number of hydrogen-bond donors (Lipinski definition) is 2. The number of H-pyrrole nitrogens is 1. The van der Waals surface area contributed by atoms with Gasteiger partial charge in [-0.25, -0.2) is 0 Å². The molecule has 2 rings (SSSR count). The summed E-state index contributed by atoms with van der Waals surface area (Å²) in [6, 6.07) is 3.76. The Morgan fingerprint density at radius 1 is 1.35 bits per heavy atom. The first-order valence-corrected chi connectivity index (χ1v) is 6.53. The van der Waals surface area contributed by atoms with Crippen molar-refractivity contribution in [3.63, 3.8) is 0 Å². The lowest BCUT2D eigenvalue weighted by molar-refractivity contribution is -0.137. The Labute approximate surface area is 115 Å². The summed E-state index contributed by atoms with van der Waals surface area (Å²) in [5.41, 5.74) is 3.40. The molecule has 1 heterocycles. The van der Waals surface area contributed by atoms with Gasteiger partial charge < -0.3 is 5.73 Å². The van der Waals surface area contributed by atoms with E-state index in [1.54, 1.807) is 6.26 Å². The number of hydrogen-bond acceptors (Lipinski definition) is 4. The molecule has 20 heavy (non-hydrogen) atoms. The molecule has 1 aromatic carbocycles. The van der Waals surface area contributed by atoms with Crippen LogP contribution in [0.1, 0.15) is 16.1 Å². The normalized spacial score (nSPS) is 11.6. The lowest BCUT2D eigenvalue weighted by Crippen LogP contribution is -2.14. The average Bonchev–Trinajstić information content (AvgIpc) is 2.86. The molecule has 0 aliphatic carbocycles. The standard InChI is InChI=1S/C11H9F3N4OS/c1-20-5-2-3-6(7(4-5)11(12,13)14)8-9(10(15)19)17-18-16-8/h2-4H,1H3,(H2,15,19)(H,16,17,18). The third-order valence-electron chi connectivity index (χ3n) is 2.57. The number of thioether (sulfide) groups is 1. The van der Waals surface area contributed by atoms with Crippen LogP contribution in [0.2, 0.25) is 0 Å². The smallest absolute Gasteiger partial charge is 0.364 e. The SMILES string of the molecule is CSc1ccc(-c2n[nH]nc2C(N)=O)c(C(F)(F)F)c1. The molecule has 0 saturated carbocycles. The van der Waals surface area contributed by atoms with Crippen molar-refractivity contribution in [1.29, 1.82) is 0 Å². The van der Waals surface area contributed by atoms with Crippen LogP contribution in [0.25, 0.3) is 11.3 Å². The maximum atomic E-state index is 13.1. The number of carbonyl (C=O) groups is 1. The van der Waals surface area contributed by atoms with Gasteiger partial charge in [-0.1, -0.05) is 6.07 Å². The van der Waals surface area contributed by atoms with Gasteiger partial charge in [0.1, 0.15) is 5.69 Å². The van der Waals surface area contributed by atoms with Crippen LogP contribution in [0, 0.1) is 0 Å². The molecule has 0 radical (unpaired) electrons. The Morgan fingerprint density at radius 2 is 2.05 bits per heavy atom. The van der Waals surface area contributed by atoms with Gasteiger partial charge in [-0.15, -0.1) is 11.8 Å². The van der Waals surface area contributed by atoms with E-state index in [1.165, 1.54) is 23.9 Å². The highest BCUT2D eigenvalue weighted by atomic mass is 32.2. The van der Waals surface area contributed by atoms with Crippen LogP contribution in [0.3, 0.4) is 0 Å². The molecule has 0 spiro atoms. The van der Waals surface area contributed by atoms with E-state index in [0.29, 0.717) is 4.90 Å². The fourth-order valence-corrected chi connectivity index (χ4v) is 2.12. The van der Waals surface area contributed by atoms with Crippen molar-refractivity contribution >= 4 is 17.7 Å². The minimum Gasteiger partial charge on any atom is -0.364 e. The molecule has 0 aliphatic heterocycles. The zero-order chi connectivity index (χ0) is 14.9. The number of alkyl halides is 3. The predicted octanol–water partition coefficient (Wildman–Crippen LogP) is 2.31. The summed E-state index contributed by atoms with van der Waals surface area (Å²) < 4.78 is 39.3. The van der Waals surface area contributed by atoms with E-state index < -0.39 is 17.6 Å². The number of nitrogens with one attached hydrogen (secondary N) is 1. The topological polar surface area (TPSA) is 84.7 Å². The van der Waals surface area contributed by atoms with Crippen molar-refractivity contribution in [1.82, 2.24) is 15.4 Å². The highest BCUT2D eigenvalue weighted by molar-refractivity contribution is 7.98. The second-order valence-corrected chi connectivity index (χ2v) is 4.67. The van der Waals surface area contributed by atoms with Gasteiger partial charge in [-0.2, -0.15) is 28.6 Å². The molecule has 0 bridgehead atoms. The number of aromatic nitrogens is 3. The van der Waals surface area contributed by atoms with E-state index in [4.69, 9.17) is 5.73 Å². The zero-order valence-electron chi connectivity index (χ0n) is 10.2. The van der Waals surface area contributed by atoms with Gasteiger partial charge in [0.25, 0.3) is 5.91 Å². The van der Waals surface area contributed by atoms with Gasteiger partial charge in [0.2, 0.25) is 0 Å². The molecular formula is C11H9F3N4OS. The number of benzene rings is 1. The van der Waals surface area contributed by atoms with Crippen LogP contribution in [-0.2, 0) is 6.18 Å². The van der Waals surface area contributed by atoms with Gasteiger partial charge in [-0.3, -0.25) is 4.79 Å². The molecule has 0 unspecified atom stereocenters. The summed E-state index contributed by atoms with van der Waals surface area (Å²) in [4.78, 5) is 11.6. The average molecular weight is 302 g/mol. The molecular weight excluding hydrogens is 293 g/mol. The van der Waals surface area contributed by atoms with Crippen LogP contribution >= 0.6 is 11.8 Å². The number of nitrogens with zero attached hydrogens (tertiary/aromatic N) is 2. The second-order valence-electron chi connectivity index (χ2n) is 3.79. The number of nitrogens with two attached hydrogens (primary N) is 1. The molecule has 3 N–H and O–H groups in total. The summed E-state index contributed by atoms with van der Waals surface area (Å²) in [5, 5.41) is 9.18. The molecule has 0 atom stereocenters. The minimum atomic E-state index is -4.57. The summed E-state index contributed by atoms with van der Waals surface area (Å²) in [6.45, 7) is 0. The van der Waals surface area contributed by atoms with E-state index in [0.717, 1.165) is 6.07 Å². The highest BCUT2D eigenvalue weighted by Crippen LogP contribution is 2.38. The van der Waals surface area contributed by atoms with Gasteiger partial charge >= 0.3 is 6.18 Å². The summed E-state index contributed by atoms with van der Waals surface area (Å²) in [7, 11) is 0. The quantitative estimate of drug-likeness (QED) is 0.852. The van der Waals surface area contributed by atoms with Crippen molar-refractivity contribution in [3.05, 3.63) is 29.5 Å². The monoisotopic (exact) mass is 302 g/mol. The number of aromatic amines is 1. The maximum Gasteiger partial charge on any atom is 0.417 e. The minimum absolute atomic E-state index is 0.211. The fraction of sp³-hybridized carbons (Fsp3) is 0.182. The lowest BCUT2D eigenvalue weighted by atomic mass is 10.0.